The highest BCUT2D eigenvalue weighted by Gasteiger charge is 2.31. The van der Waals surface area contributed by atoms with Crippen molar-refractivity contribution in [3.05, 3.63) is 59.7 Å². The van der Waals surface area contributed by atoms with Crippen molar-refractivity contribution < 1.29 is 17.9 Å². The van der Waals surface area contributed by atoms with Crippen LogP contribution in [0, 0.1) is 0 Å². The minimum atomic E-state index is -3.33. The lowest BCUT2D eigenvalue weighted by Gasteiger charge is -2.35. The number of sulfonamides is 1. The highest BCUT2D eigenvalue weighted by atomic mass is 32.2. The normalized spacial score (nSPS) is 19.3. The van der Waals surface area contributed by atoms with E-state index in [-0.39, 0.29) is 17.8 Å². The fourth-order valence-corrected chi connectivity index (χ4v) is 6.54. The molecule has 0 spiro atoms. The van der Waals surface area contributed by atoms with Crippen LogP contribution >= 0.6 is 0 Å². The van der Waals surface area contributed by atoms with Gasteiger partial charge in [-0.3, -0.25) is 4.79 Å². The van der Waals surface area contributed by atoms with Gasteiger partial charge in [0, 0.05) is 19.0 Å². The van der Waals surface area contributed by atoms with Crippen molar-refractivity contribution in [2.24, 2.45) is 0 Å². The minimum Gasteiger partial charge on any atom is -0.466 e. The molecule has 0 aromatic heterocycles. The van der Waals surface area contributed by atoms with E-state index in [9.17, 15) is 13.2 Å². The topological polar surface area (TPSA) is 63.7 Å². The van der Waals surface area contributed by atoms with E-state index < -0.39 is 10.0 Å². The number of rotatable bonds is 13. The van der Waals surface area contributed by atoms with Crippen molar-refractivity contribution in [1.29, 1.82) is 0 Å². The average molecular weight is 474 g/mol. The van der Waals surface area contributed by atoms with Crippen molar-refractivity contribution in [2.45, 2.75) is 88.8 Å². The Morgan fingerprint density at radius 2 is 1.88 bits per heavy atom. The van der Waals surface area contributed by atoms with E-state index in [2.05, 4.69) is 18.2 Å². The highest BCUT2D eigenvalue weighted by molar-refractivity contribution is 7.88. The van der Waals surface area contributed by atoms with E-state index in [1.165, 1.54) is 5.57 Å². The largest absolute Gasteiger partial charge is 0.466 e. The Balaban J connectivity index is 1.31. The van der Waals surface area contributed by atoms with E-state index in [1.54, 1.807) is 4.31 Å². The smallest absolute Gasteiger partial charge is 0.305 e. The Kier molecular flexibility index (Phi) is 10.7. The lowest BCUT2D eigenvalue weighted by atomic mass is 9.99. The summed E-state index contributed by atoms with van der Waals surface area (Å²) >= 11 is 0. The lowest BCUT2D eigenvalue weighted by Crippen LogP contribution is -2.44. The molecule has 182 valence electrons. The van der Waals surface area contributed by atoms with E-state index >= 15 is 0 Å². The molecule has 0 saturated carbocycles. The molecule has 1 saturated heterocycles. The first kappa shape index (κ1) is 25.7. The van der Waals surface area contributed by atoms with Gasteiger partial charge in [0.1, 0.15) is 0 Å². The molecule has 1 fully saturated rings. The number of allylic oxidation sites excluding steroid dienone is 4. The summed E-state index contributed by atoms with van der Waals surface area (Å²) in [7, 11) is -3.33. The van der Waals surface area contributed by atoms with E-state index in [4.69, 9.17) is 4.74 Å². The number of unbranched alkanes of at least 4 members (excludes halogenated alkanes) is 2. The van der Waals surface area contributed by atoms with Crippen molar-refractivity contribution in [1.82, 2.24) is 4.31 Å². The molecule has 1 aliphatic carbocycles. The third kappa shape index (κ3) is 9.09. The quantitative estimate of drug-likeness (QED) is 0.263. The summed E-state index contributed by atoms with van der Waals surface area (Å²) in [4.78, 5) is 12.0. The summed E-state index contributed by atoms with van der Waals surface area (Å²) < 4.78 is 33.2. The molecular weight excluding hydrogens is 434 g/mol. The summed E-state index contributed by atoms with van der Waals surface area (Å²) in [6.45, 7) is 1.10. The number of carbonyl (C=O) groups excluding carboxylic acids is 1. The monoisotopic (exact) mass is 473 g/mol. The van der Waals surface area contributed by atoms with Crippen LogP contribution in [0.5, 0.6) is 0 Å². The standard InChI is InChI=1S/C27H39NO4S/c29-27(32-22-12-10-15-24-13-3-1-4-14-24)20-8-7-18-26-19-9-11-21-28(26)33(30,31)23-25-16-5-2-6-17-25/h2-3,5-6,13-14,16-17,26H,1,4,7-12,15,18-23H2. The third-order valence-electron chi connectivity index (χ3n) is 6.49. The molecule has 3 rings (SSSR count). The van der Waals surface area contributed by atoms with Gasteiger partial charge in [-0.1, -0.05) is 67.0 Å². The van der Waals surface area contributed by atoms with Gasteiger partial charge in [0.15, 0.2) is 0 Å². The van der Waals surface area contributed by atoms with Crippen molar-refractivity contribution in [3.8, 4) is 0 Å². The highest BCUT2D eigenvalue weighted by Crippen LogP contribution is 2.26. The molecule has 2 aliphatic rings. The van der Waals surface area contributed by atoms with Crippen LogP contribution in [0.3, 0.4) is 0 Å². The molecule has 1 atom stereocenters. The fraction of sp³-hybridized carbons (Fsp3) is 0.593. The second kappa shape index (κ2) is 13.7. The second-order valence-electron chi connectivity index (χ2n) is 9.18. The summed E-state index contributed by atoms with van der Waals surface area (Å²) in [6, 6.07) is 9.44. The number of hydrogen-bond acceptors (Lipinski definition) is 4. The number of hydrogen-bond donors (Lipinski definition) is 0. The number of esters is 1. The maximum Gasteiger partial charge on any atom is 0.305 e. The van der Waals surface area contributed by atoms with Gasteiger partial charge in [-0.2, -0.15) is 4.31 Å². The summed E-state index contributed by atoms with van der Waals surface area (Å²) in [5, 5.41) is 0. The lowest BCUT2D eigenvalue weighted by molar-refractivity contribution is -0.143. The molecule has 0 radical (unpaired) electrons. The predicted molar refractivity (Wildman–Crippen MR) is 133 cm³/mol. The fourth-order valence-electron chi connectivity index (χ4n) is 4.69. The third-order valence-corrected chi connectivity index (χ3v) is 8.38. The number of nitrogens with zero attached hydrogens (tertiary/aromatic N) is 1. The van der Waals surface area contributed by atoms with Crippen molar-refractivity contribution in [2.75, 3.05) is 13.2 Å². The molecule has 1 aromatic rings. The van der Waals surface area contributed by atoms with Crippen LogP contribution in [0.15, 0.2) is 54.1 Å². The van der Waals surface area contributed by atoms with Gasteiger partial charge in [0.2, 0.25) is 10.0 Å². The van der Waals surface area contributed by atoms with E-state index in [0.717, 1.165) is 76.2 Å². The Labute approximate surface area is 199 Å². The van der Waals surface area contributed by atoms with E-state index in [0.29, 0.717) is 19.6 Å². The van der Waals surface area contributed by atoms with Crippen LogP contribution in [-0.4, -0.2) is 37.9 Å². The molecule has 1 unspecified atom stereocenters. The zero-order valence-corrected chi connectivity index (χ0v) is 20.6. The first-order valence-corrected chi connectivity index (χ1v) is 14.2. The number of ether oxygens (including phenoxy) is 1. The van der Waals surface area contributed by atoms with Crippen LogP contribution in [0.2, 0.25) is 0 Å². The first-order valence-electron chi connectivity index (χ1n) is 12.6. The summed E-state index contributed by atoms with van der Waals surface area (Å²) in [5.41, 5.74) is 2.23. The number of benzene rings is 1. The predicted octanol–water partition coefficient (Wildman–Crippen LogP) is 5.92. The van der Waals surface area contributed by atoms with Gasteiger partial charge in [-0.15, -0.1) is 0 Å². The zero-order chi connectivity index (χ0) is 23.4. The average Bonchev–Trinajstić information content (AvgIpc) is 2.83. The Bertz CT molecular complexity index is 892. The van der Waals surface area contributed by atoms with Crippen LogP contribution in [0.1, 0.15) is 82.6 Å². The van der Waals surface area contributed by atoms with Gasteiger partial charge in [0.05, 0.1) is 12.4 Å². The SMILES string of the molecule is O=C(CCCCC1CCCCN1S(=O)(=O)Cc1ccccc1)OCCCCC1=CCCC=C1. The summed E-state index contributed by atoms with van der Waals surface area (Å²) in [5.74, 6) is -0.0754. The number of piperidine rings is 1. The van der Waals surface area contributed by atoms with Crippen molar-refractivity contribution >= 4 is 16.0 Å². The molecule has 1 heterocycles. The molecule has 1 aromatic carbocycles. The molecule has 33 heavy (non-hydrogen) atoms. The van der Waals surface area contributed by atoms with Crippen molar-refractivity contribution in [3.63, 3.8) is 0 Å². The molecule has 0 amide bonds. The maximum absolute atomic E-state index is 13.0. The van der Waals surface area contributed by atoms with Gasteiger partial charge < -0.3 is 4.74 Å². The van der Waals surface area contributed by atoms with Crippen LogP contribution in [-0.2, 0) is 25.3 Å². The first-order chi connectivity index (χ1) is 16.0. The molecular formula is C27H39NO4S. The second-order valence-corrected chi connectivity index (χ2v) is 11.1. The molecule has 6 heteroatoms. The maximum atomic E-state index is 13.0. The van der Waals surface area contributed by atoms with Gasteiger partial charge in [-0.25, -0.2) is 8.42 Å². The molecule has 5 nitrogen and oxygen atoms in total. The van der Waals surface area contributed by atoms with Gasteiger partial charge in [0.25, 0.3) is 0 Å². The molecule has 1 aliphatic heterocycles. The Morgan fingerprint density at radius 1 is 1.03 bits per heavy atom. The molecule has 0 N–H and O–H groups in total. The van der Waals surface area contributed by atoms with E-state index in [1.807, 2.05) is 30.3 Å². The van der Waals surface area contributed by atoms with Crippen LogP contribution in [0.25, 0.3) is 0 Å². The zero-order valence-electron chi connectivity index (χ0n) is 19.8. The Morgan fingerprint density at radius 3 is 2.67 bits per heavy atom. The Hall–Kier alpha value is -1.92. The van der Waals surface area contributed by atoms with Crippen LogP contribution < -0.4 is 0 Å². The number of carbonyl (C=O) groups is 1. The molecule has 0 bridgehead atoms. The minimum absolute atomic E-state index is 0.0478. The summed E-state index contributed by atoms with van der Waals surface area (Å²) in [6.07, 6.45) is 17.7. The van der Waals surface area contributed by atoms with Gasteiger partial charge >= 0.3 is 5.97 Å². The van der Waals surface area contributed by atoms with Crippen LogP contribution in [0.4, 0.5) is 0 Å². The van der Waals surface area contributed by atoms with Gasteiger partial charge in [-0.05, 0) is 63.4 Å².